The Labute approximate surface area is 131 Å². The molecule has 112 valence electrons. The van der Waals surface area contributed by atoms with E-state index in [9.17, 15) is 0 Å². The van der Waals surface area contributed by atoms with Crippen LogP contribution in [-0.4, -0.2) is 23.1 Å². The van der Waals surface area contributed by atoms with E-state index in [0.717, 1.165) is 17.6 Å². The molecular weight excluding hydrogens is 270 g/mol. The number of H-pyrrole nitrogens is 1. The molecule has 1 saturated heterocycles. The zero-order valence-electron chi connectivity index (χ0n) is 12.8. The van der Waals surface area contributed by atoms with Gasteiger partial charge in [0.25, 0.3) is 0 Å². The molecule has 4 rings (SSSR count). The molecule has 2 N–H and O–H groups in total. The number of aromatic nitrogens is 2. The van der Waals surface area contributed by atoms with Gasteiger partial charge in [-0.25, -0.2) is 4.98 Å². The molecule has 0 aliphatic carbocycles. The van der Waals surface area contributed by atoms with E-state index in [1.54, 1.807) is 4.90 Å². The van der Waals surface area contributed by atoms with Crippen LogP contribution in [-0.2, 0) is 6.54 Å². The number of imidazole rings is 1. The first-order valence-electron chi connectivity index (χ1n) is 8.20. The number of fused-ring (bicyclic) bond motifs is 1. The summed E-state index contributed by atoms with van der Waals surface area (Å²) in [7, 11) is 0. The van der Waals surface area contributed by atoms with E-state index >= 15 is 0 Å². The number of aromatic amines is 1. The van der Waals surface area contributed by atoms with E-state index in [1.165, 1.54) is 37.3 Å². The standard InChI is InChI=1S/C19H21N3/c1-2-7-15(8-3-1)13-22-12-6-9-16(14-22)19-20-17-10-4-5-11-18(17)21-19/h1-5,7-8,10-11,16H,6,9,12-14H2,(H,20,21)/p+1/t16-/m1/s1. The predicted molar refractivity (Wildman–Crippen MR) is 88.9 cm³/mol. The van der Waals surface area contributed by atoms with Gasteiger partial charge in [-0.15, -0.1) is 0 Å². The van der Waals surface area contributed by atoms with Gasteiger partial charge < -0.3 is 9.88 Å². The third-order valence-electron chi connectivity index (χ3n) is 4.71. The summed E-state index contributed by atoms with van der Waals surface area (Å²) in [6.07, 6.45) is 2.53. The minimum absolute atomic E-state index is 0.555. The fraction of sp³-hybridized carbons (Fsp3) is 0.316. The van der Waals surface area contributed by atoms with Crippen molar-refractivity contribution in [2.24, 2.45) is 0 Å². The fourth-order valence-corrected chi connectivity index (χ4v) is 3.60. The summed E-state index contributed by atoms with van der Waals surface area (Å²) in [5, 5.41) is 0. The monoisotopic (exact) mass is 292 g/mol. The maximum atomic E-state index is 4.81. The third-order valence-corrected chi connectivity index (χ3v) is 4.71. The van der Waals surface area contributed by atoms with Crippen molar-refractivity contribution in [1.82, 2.24) is 9.97 Å². The smallest absolute Gasteiger partial charge is 0.116 e. The first kappa shape index (κ1) is 13.5. The van der Waals surface area contributed by atoms with Crippen molar-refractivity contribution in [1.29, 1.82) is 0 Å². The average molecular weight is 292 g/mol. The van der Waals surface area contributed by atoms with Crippen LogP contribution < -0.4 is 4.90 Å². The predicted octanol–water partition coefficient (Wildman–Crippen LogP) is 2.53. The molecule has 0 amide bonds. The number of piperidine rings is 1. The zero-order chi connectivity index (χ0) is 14.8. The molecule has 0 bridgehead atoms. The summed E-state index contributed by atoms with van der Waals surface area (Å²) < 4.78 is 0. The summed E-state index contributed by atoms with van der Waals surface area (Å²) in [4.78, 5) is 10.0. The van der Waals surface area contributed by atoms with Crippen LogP contribution in [0.4, 0.5) is 0 Å². The lowest BCUT2D eigenvalue weighted by molar-refractivity contribution is -0.920. The largest absolute Gasteiger partial charge is 0.342 e. The van der Waals surface area contributed by atoms with Crippen molar-refractivity contribution in [2.45, 2.75) is 25.3 Å². The minimum atomic E-state index is 0.555. The molecule has 1 unspecified atom stereocenters. The second kappa shape index (κ2) is 5.93. The van der Waals surface area contributed by atoms with Crippen LogP contribution in [0.3, 0.4) is 0 Å². The molecular formula is C19H22N3+. The number of hydrogen-bond acceptors (Lipinski definition) is 1. The van der Waals surface area contributed by atoms with E-state index in [4.69, 9.17) is 4.98 Å². The van der Waals surface area contributed by atoms with Crippen molar-refractivity contribution in [3.8, 4) is 0 Å². The molecule has 3 aromatic rings. The van der Waals surface area contributed by atoms with E-state index in [2.05, 4.69) is 59.6 Å². The highest BCUT2D eigenvalue weighted by atomic mass is 15.1. The molecule has 1 aliphatic rings. The maximum Gasteiger partial charge on any atom is 0.116 e. The fourth-order valence-electron chi connectivity index (χ4n) is 3.60. The Morgan fingerprint density at radius 1 is 1.05 bits per heavy atom. The van der Waals surface area contributed by atoms with Gasteiger partial charge in [0.1, 0.15) is 12.4 Å². The van der Waals surface area contributed by atoms with Crippen LogP contribution in [0.2, 0.25) is 0 Å². The molecule has 1 fully saturated rings. The number of nitrogens with zero attached hydrogens (tertiary/aromatic N) is 1. The maximum absolute atomic E-state index is 4.81. The Morgan fingerprint density at radius 2 is 1.86 bits per heavy atom. The number of quaternary nitrogens is 1. The molecule has 3 nitrogen and oxygen atoms in total. The first-order chi connectivity index (χ1) is 10.9. The number of rotatable bonds is 3. The normalized spacial score (nSPS) is 22.0. The van der Waals surface area contributed by atoms with Gasteiger partial charge >= 0.3 is 0 Å². The Bertz CT molecular complexity index is 714. The van der Waals surface area contributed by atoms with Crippen molar-refractivity contribution in [3.63, 3.8) is 0 Å². The van der Waals surface area contributed by atoms with Gasteiger partial charge in [0.05, 0.1) is 30.0 Å². The van der Waals surface area contributed by atoms with Gasteiger partial charge in [-0.1, -0.05) is 42.5 Å². The second-order valence-corrected chi connectivity index (χ2v) is 6.34. The van der Waals surface area contributed by atoms with Gasteiger partial charge in [0.2, 0.25) is 0 Å². The third kappa shape index (κ3) is 2.77. The van der Waals surface area contributed by atoms with Crippen LogP contribution in [0.5, 0.6) is 0 Å². The van der Waals surface area contributed by atoms with E-state index in [-0.39, 0.29) is 0 Å². The summed E-state index contributed by atoms with van der Waals surface area (Å²) in [5.74, 6) is 1.73. The van der Waals surface area contributed by atoms with Crippen molar-refractivity contribution in [2.75, 3.05) is 13.1 Å². The van der Waals surface area contributed by atoms with Crippen molar-refractivity contribution < 1.29 is 4.90 Å². The Balaban J connectivity index is 1.50. The Kier molecular flexibility index (Phi) is 3.65. The van der Waals surface area contributed by atoms with Gasteiger partial charge in [0.15, 0.2) is 0 Å². The Morgan fingerprint density at radius 3 is 2.73 bits per heavy atom. The molecule has 0 saturated carbocycles. The number of hydrogen-bond donors (Lipinski definition) is 2. The van der Waals surface area contributed by atoms with Crippen LogP contribution >= 0.6 is 0 Å². The summed E-state index contributed by atoms with van der Waals surface area (Å²) in [5.41, 5.74) is 3.68. The highest BCUT2D eigenvalue weighted by Crippen LogP contribution is 2.22. The highest BCUT2D eigenvalue weighted by molar-refractivity contribution is 5.74. The van der Waals surface area contributed by atoms with Crippen LogP contribution in [0.15, 0.2) is 54.6 Å². The average Bonchev–Trinajstić information content (AvgIpc) is 3.00. The first-order valence-corrected chi connectivity index (χ1v) is 8.20. The summed E-state index contributed by atoms with van der Waals surface area (Å²) in [6.45, 7) is 3.57. The number of benzene rings is 2. The van der Waals surface area contributed by atoms with E-state index < -0.39 is 0 Å². The minimum Gasteiger partial charge on any atom is -0.342 e. The lowest BCUT2D eigenvalue weighted by atomic mass is 9.97. The lowest BCUT2D eigenvalue weighted by Crippen LogP contribution is -3.12. The van der Waals surface area contributed by atoms with Gasteiger partial charge in [-0.2, -0.15) is 0 Å². The molecule has 1 aliphatic heterocycles. The van der Waals surface area contributed by atoms with Gasteiger partial charge in [-0.05, 0) is 25.0 Å². The molecule has 1 aromatic heterocycles. The van der Waals surface area contributed by atoms with Gasteiger partial charge in [-0.3, -0.25) is 0 Å². The summed E-state index contributed by atoms with van der Waals surface area (Å²) >= 11 is 0. The van der Waals surface area contributed by atoms with E-state index in [1.807, 2.05) is 0 Å². The van der Waals surface area contributed by atoms with Crippen LogP contribution in [0.1, 0.15) is 30.1 Å². The molecule has 3 heteroatoms. The zero-order valence-corrected chi connectivity index (χ0v) is 12.8. The number of para-hydroxylation sites is 2. The quantitative estimate of drug-likeness (QED) is 0.764. The van der Waals surface area contributed by atoms with E-state index in [0.29, 0.717) is 5.92 Å². The van der Waals surface area contributed by atoms with Crippen LogP contribution in [0, 0.1) is 0 Å². The molecule has 2 aromatic carbocycles. The highest BCUT2D eigenvalue weighted by Gasteiger charge is 2.26. The Hall–Kier alpha value is -2.13. The number of nitrogens with one attached hydrogen (secondary N) is 2. The van der Waals surface area contributed by atoms with Gasteiger partial charge in [0, 0.05) is 5.56 Å². The SMILES string of the molecule is c1ccc(C[NH+]2CCC[C@@H](c3nc4ccccc4[nH]3)C2)cc1. The molecule has 2 atom stereocenters. The molecule has 0 spiro atoms. The number of likely N-dealkylation sites (tertiary alicyclic amines) is 1. The summed E-state index contributed by atoms with van der Waals surface area (Å²) in [6, 6.07) is 19.2. The second-order valence-electron chi connectivity index (χ2n) is 6.34. The lowest BCUT2D eigenvalue weighted by Gasteiger charge is -2.29. The molecule has 0 radical (unpaired) electrons. The molecule has 2 heterocycles. The molecule has 22 heavy (non-hydrogen) atoms. The topological polar surface area (TPSA) is 33.1 Å². The van der Waals surface area contributed by atoms with Crippen molar-refractivity contribution >= 4 is 11.0 Å². The van der Waals surface area contributed by atoms with Crippen molar-refractivity contribution in [3.05, 3.63) is 66.0 Å². The van der Waals surface area contributed by atoms with Crippen LogP contribution in [0.25, 0.3) is 11.0 Å².